The van der Waals surface area contributed by atoms with Gasteiger partial charge in [0.15, 0.2) is 11.4 Å². The molecule has 0 saturated heterocycles. The Morgan fingerprint density at radius 1 is 1.03 bits per heavy atom. The number of aromatic hydroxyl groups is 2. The fourth-order valence-electron chi connectivity index (χ4n) is 2.60. The van der Waals surface area contributed by atoms with Crippen molar-refractivity contribution in [2.45, 2.75) is 25.7 Å². The molecule has 3 aromatic rings. The second kappa shape index (κ2) is 7.47. The molecule has 2 aromatic carbocycles. The number of phenolic OH excluding ortho intramolecular Hbond substituents is 1. The predicted molar refractivity (Wildman–Crippen MR) is 107 cm³/mol. The molecule has 9 nitrogen and oxygen atoms in total. The number of benzene rings is 2. The average molecular weight is 437 g/mol. The molecule has 0 aliphatic heterocycles. The maximum absolute atomic E-state index is 11.4. The van der Waals surface area contributed by atoms with Crippen molar-refractivity contribution in [3.8, 4) is 17.3 Å². The third-order valence-electron chi connectivity index (χ3n) is 4.30. The van der Waals surface area contributed by atoms with E-state index in [1.807, 2.05) is 26.0 Å². The van der Waals surface area contributed by atoms with Crippen LogP contribution in [0.5, 0.6) is 11.6 Å². The molecule has 0 spiro atoms. The van der Waals surface area contributed by atoms with Gasteiger partial charge in [-0.2, -0.15) is 18.2 Å². The highest BCUT2D eigenvalue weighted by Gasteiger charge is 2.21. The van der Waals surface area contributed by atoms with Gasteiger partial charge >= 0.3 is 0 Å². The molecule has 1 aromatic heterocycles. The van der Waals surface area contributed by atoms with Gasteiger partial charge in [-0.05, 0) is 56.2 Å². The van der Waals surface area contributed by atoms with E-state index in [0.717, 1.165) is 23.3 Å². The van der Waals surface area contributed by atoms with E-state index in [2.05, 4.69) is 15.3 Å². The van der Waals surface area contributed by atoms with Crippen LogP contribution in [0.3, 0.4) is 0 Å². The number of nitrogens with zero attached hydrogens (tertiary/aromatic N) is 4. The van der Waals surface area contributed by atoms with Crippen LogP contribution in [-0.2, 0) is 10.1 Å². The monoisotopic (exact) mass is 436 g/mol. The largest absolute Gasteiger partial charge is 0.504 e. The van der Waals surface area contributed by atoms with Gasteiger partial charge in [0.2, 0.25) is 5.88 Å². The molecule has 3 N–H and O–H groups in total. The van der Waals surface area contributed by atoms with Gasteiger partial charge in [0.25, 0.3) is 10.1 Å². The van der Waals surface area contributed by atoms with Crippen LogP contribution >= 0.6 is 11.6 Å². The lowest BCUT2D eigenvalue weighted by Gasteiger charge is -2.06. The fourth-order valence-corrected chi connectivity index (χ4v) is 3.50. The summed E-state index contributed by atoms with van der Waals surface area (Å²) in [5, 5.41) is 32.4. The summed E-state index contributed by atoms with van der Waals surface area (Å²) in [6.45, 7) is 5.50. The van der Waals surface area contributed by atoms with Gasteiger partial charge < -0.3 is 10.2 Å². The molecule has 1 heterocycles. The van der Waals surface area contributed by atoms with Gasteiger partial charge in [-0.15, -0.1) is 10.2 Å². The highest BCUT2D eigenvalue weighted by Crippen LogP contribution is 2.39. The standard InChI is InChI=1S/C18H17ClN4O5S/c1-9-4-5-13(6-10(9)2)23-18(25)16(11(3)22-23)21-20-14-7-12(19)8-15(17(14)24)29(26,27)28/h4-8,24-25H,1-3H3,(H,26,27,28). The van der Waals surface area contributed by atoms with Crippen molar-refractivity contribution in [3.05, 3.63) is 52.2 Å². The molecule has 29 heavy (non-hydrogen) atoms. The Bertz CT molecular complexity index is 1250. The summed E-state index contributed by atoms with van der Waals surface area (Å²) in [7, 11) is -4.72. The van der Waals surface area contributed by atoms with E-state index in [1.165, 1.54) is 4.68 Å². The molecule has 0 radical (unpaired) electrons. The topological polar surface area (TPSA) is 137 Å². The molecule has 0 amide bonds. The number of aromatic nitrogens is 2. The molecule has 0 fully saturated rings. The SMILES string of the molecule is Cc1ccc(-n2nc(C)c(N=Nc3cc(Cl)cc(S(=O)(=O)O)c3O)c2O)cc1C. The van der Waals surface area contributed by atoms with Gasteiger partial charge in [-0.1, -0.05) is 17.7 Å². The molecule has 11 heteroatoms. The summed E-state index contributed by atoms with van der Waals surface area (Å²) >= 11 is 5.83. The van der Waals surface area contributed by atoms with E-state index in [9.17, 15) is 23.2 Å². The Morgan fingerprint density at radius 3 is 2.34 bits per heavy atom. The van der Waals surface area contributed by atoms with E-state index >= 15 is 0 Å². The first-order chi connectivity index (χ1) is 13.5. The molecule has 0 aliphatic carbocycles. The third kappa shape index (κ3) is 4.09. The molecule has 3 rings (SSSR count). The smallest absolute Gasteiger partial charge is 0.298 e. The summed E-state index contributed by atoms with van der Waals surface area (Å²) in [6, 6.07) is 7.57. The van der Waals surface area contributed by atoms with E-state index in [-0.39, 0.29) is 22.3 Å². The molecule has 0 unspecified atom stereocenters. The Kier molecular flexibility index (Phi) is 5.35. The minimum atomic E-state index is -4.72. The second-order valence-electron chi connectivity index (χ2n) is 6.38. The van der Waals surface area contributed by atoms with Crippen molar-refractivity contribution in [3.63, 3.8) is 0 Å². The number of phenols is 1. The van der Waals surface area contributed by atoms with Gasteiger partial charge in [0, 0.05) is 5.02 Å². The molecule has 0 atom stereocenters. The zero-order valence-corrected chi connectivity index (χ0v) is 17.2. The Balaban J connectivity index is 2.06. The van der Waals surface area contributed by atoms with Gasteiger partial charge in [0.05, 0.1) is 11.4 Å². The summed E-state index contributed by atoms with van der Waals surface area (Å²) in [4.78, 5) is -0.800. The van der Waals surface area contributed by atoms with Crippen LogP contribution in [0.2, 0.25) is 5.02 Å². The maximum Gasteiger partial charge on any atom is 0.298 e. The van der Waals surface area contributed by atoms with Crippen molar-refractivity contribution in [2.75, 3.05) is 0 Å². The lowest BCUT2D eigenvalue weighted by molar-refractivity contribution is 0.434. The minimum Gasteiger partial charge on any atom is -0.504 e. The first kappa shape index (κ1) is 20.8. The number of hydrogen-bond acceptors (Lipinski definition) is 7. The zero-order valence-electron chi connectivity index (χ0n) is 15.6. The first-order valence-corrected chi connectivity index (χ1v) is 10.1. The molecule has 0 bridgehead atoms. The van der Waals surface area contributed by atoms with Crippen molar-refractivity contribution >= 4 is 33.1 Å². The number of azo groups is 1. The Hall–Kier alpha value is -2.95. The predicted octanol–water partition coefficient (Wildman–Crippen LogP) is 4.52. The summed E-state index contributed by atoms with van der Waals surface area (Å²) in [5.41, 5.74) is 2.79. The zero-order chi connectivity index (χ0) is 21.5. The van der Waals surface area contributed by atoms with Crippen molar-refractivity contribution in [1.29, 1.82) is 0 Å². The molecular weight excluding hydrogens is 420 g/mol. The van der Waals surface area contributed by atoms with Crippen LogP contribution in [0.4, 0.5) is 11.4 Å². The highest BCUT2D eigenvalue weighted by molar-refractivity contribution is 7.86. The molecule has 0 aliphatic rings. The first-order valence-electron chi connectivity index (χ1n) is 8.27. The van der Waals surface area contributed by atoms with Crippen molar-refractivity contribution in [2.24, 2.45) is 10.2 Å². The van der Waals surface area contributed by atoms with Crippen LogP contribution in [-0.4, -0.2) is 33.0 Å². The van der Waals surface area contributed by atoms with E-state index < -0.39 is 20.8 Å². The maximum atomic E-state index is 11.4. The van der Waals surface area contributed by atoms with Gasteiger partial charge in [-0.25, -0.2) is 0 Å². The van der Waals surface area contributed by atoms with Crippen LogP contribution in [0.25, 0.3) is 5.69 Å². The average Bonchev–Trinajstić information content (AvgIpc) is 2.91. The lowest BCUT2D eigenvalue weighted by Crippen LogP contribution is -1.98. The van der Waals surface area contributed by atoms with E-state index in [1.54, 1.807) is 13.0 Å². The van der Waals surface area contributed by atoms with E-state index in [0.29, 0.717) is 11.4 Å². The van der Waals surface area contributed by atoms with Crippen molar-refractivity contribution in [1.82, 2.24) is 9.78 Å². The van der Waals surface area contributed by atoms with Gasteiger partial charge in [0.1, 0.15) is 10.6 Å². The van der Waals surface area contributed by atoms with Crippen molar-refractivity contribution < 1.29 is 23.2 Å². The lowest BCUT2D eigenvalue weighted by atomic mass is 10.1. The summed E-state index contributed by atoms with van der Waals surface area (Å²) < 4.78 is 33.2. The second-order valence-corrected chi connectivity index (χ2v) is 8.21. The van der Waals surface area contributed by atoms with Crippen LogP contribution < -0.4 is 0 Å². The molecule has 0 saturated carbocycles. The highest BCUT2D eigenvalue weighted by atomic mass is 35.5. The Labute approximate surface area is 171 Å². The number of hydrogen-bond donors (Lipinski definition) is 3. The van der Waals surface area contributed by atoms with Crippen LogP contribution in [0.1, 0.15) is 16.8 Å². The van der Waals surface area contributed by atoms with Gasteiger partial charge in [-0.3, -0.25) is 4.55 Å². The minimum absolute atomic E-state index is 0.0241. The normalized spacial score (nSPS) is 12.0. The van der Waals surface area contributed by atoms with E-state index in [4.69, 9.17) is 11.6 Å². The number of aryl methyl sites for hydroxylation is 3. The number of rotatable bonds is 4. The number of halogens is 1. The summed E-state index contributed by atoms with van der Waals surface area (Å²) in [5.74, 6) is -1.11. The summed E-state index contributed by atoms with van der Waals surface area (Å²) in [6.07, 6.45) is 0. The van der Waals surface area contributed by atoms with Crippen LogP contribution in [0, 0.1) is 20.8 Å². The molecule has 152 valence electrons. The van der Waals surface area contributed by atoms with Crippen LogP contribution in [0.15, 0.2) is 45.5 Å². The Morgan fingerprint density at radius 2 is 1.72 bits per heavy atom. The molecular formula is C18H17ClN4O5S. The fraction of sp³-hybridized carbons (Fsp3) is 0.167. The quantitative estimate of drug-likeness (QED) is 0.406. The third-order valence-corrected chi connectivity index (χ3v) is 5.38.